The molecule has 1 aliphatic carbocycles. The van der Waals surface area contributed by atoms with Gasteiger partial charge < -0.3 is 5.11 Å². The third kappa shape index (κ3) is 1.04. The first-order chi connectivity index (χ1) is 3.60. The van der Waals surface area contributed by atoms with E-state index in [0.717, 1.165) is 12.2 Å². The van der Waals surface area contributed by atoms with Crippen LogP contribution in [0.15, 0.2) is 12.2 Å². The molecule has 0 aromatic heterocycles. The molecule has 0 aromatic carbocycles. The summed E-state index contributed by atoms with van der Waals surface area (Å²) in [7, 11) is 0. The normalized spacial score (nSPS) is 33.6. The number of aliphatic hydroxyl groups is 1. The molecule has 1 N–H and O–H groups in total. The minimum Gasteiger partial charge on any atom is -0.389 e. The van der Waals surface area contributed by atoms with Crippen molar-refractivity contribution in [2.24, 2.45) is 0 Å². The molecule has 0 amide bonds. The molecule has 1 atom stereocenters. The van der Waals surface area contributed by atoms with E-state index in [4.69, 9.17) is 5.11 Å². The van der Waals surface area contributed by atoms with Crippen LogP contribution in [0.4, 0.5) is 8.78 Å². The van der Waals surface area contributed by atoms with Crippen molar-refractivity contribution in [3.05, 3.63) is 12.2 Å². The highest BCUT2D eigenvalue weighted by molar-refractivity contribution is 5.07. The van der Waals surface area contributed by atoms with Crippen LogP contribution in [-0.4, -0.2) is 17.1 Å². The van der Waals surface area contributed by atoms with Gasteiger partial charge in [0.1, 0.15) is 0 Å². The van der Waals surface area contributed by atoms with Crippen LogP contribution in [-0.2, 0) is 0 Å². The van der Waals surface area contributed by atoms with Crippen molar-refractivity contribution in [1.82, 2.24) is 0 Å². The van der Waals surface area contributed by atoms with Crippen LogP contribution in [0.25, 0.3) is 0 Å². The molecule has 8 heavy (non-hydrogen) atoms. The summed E-state index contributed by atoms with van der Waals surface area (Å²) in [5.41, 5.74) is 0. The van der Waals surface area contributed by atoms with Gasteiger partial charge in [0.2, 0.25) is 0 Å². The molecule has 0 saturated heterocycles. The van der Waals surface area contributed by atoms with Gasteiger partial charge in [-0.3, -0.25) is 0 Å². The maximum Gasteiger partial charge on any atom is 0.269 e. The second kappa shape index (κ2) is 1.52. The van der Waals surface area contributed by atoms with E-state index >= 15 is 0 Å². The van der Waals surface area contributed by atoms with E-state index in [-0.39, 0.29) is 0 Å². The van der Waals surface area contributed by atoms with E-state index in [9.17, 15) is 8.78 Å². The highest BCUT2D eigenvalue weighted by Gasteiger charge is 2.32. The number of aliphatic hydroxyl groups excluding tert-OH is 1. The Kier molecular flexibility index (Phi) is 1.08. The summed E-state index contributed by atoms with van der Waals surface area (Å²) in [5.74, 6) is -2.76. The van der Waals surface area contributed by atoms with E-state index in [1.54, 1.807) is 0 Å². The summed E-state index contributed by atoms with van der Waals surface area (Å²) >= 11 is 0. The summed E-state index contributed by atoms with van der Waals surface area (Å²) in [6.45, 7) is 0. The molecule has 1 rings (SSSR count). The Morgan fingerprint density at radius 3 is 2.38 bits per heavy atom. The molecule has 1 unspecified atom stereocenters. The van der Waals surface area contributed by atoms with Crippen molar-refractivity contribution in [2.75, 3.05) is 0 Å². The first-order valence-corrected chi connectivity index (χ1v) is 2.35. The standard InChI is InChI=1S/C5H6F2O/c6-5(7)2-1-4(8)3-5/h1-2,4,8H,3H2. The molecule has 0 bridgehead atoms. The third-order valence-corrected chi connectivity index (χ3v) is 1.04. The quantitative estimate of drug-likeness (QED) is 0.472. The second-order valence-electron chi connectivity index (χ2n) is 1.89. The zero-order valence-corrected chi connectivity index (χ0v) is 4.14. The Hall–Kier alpha value is -0.440. The molecule has 0 spiro atoms. The lowest BCUT2D eigenvalue weighted by atomic mass is 10.3. The lowest BCUT2D eigenvalue weighted by Crippen LogP contribution is -2.12. The smallest absolute Gasteiger partial charge is 0.269 e. The zero-order chi connectivity index (χ0) is 6.20. The fourth-order valence-electron chi connectivity index (χ4n) is 0.667. The van der Waals surface area contributed by atoms with E-state index in [0.29, 0.717) is 0 Å². The van der Waals surface area contributed by atoms with Crippen LogP contribution in [0.1, 0.15) is 6.42 Å². The first kappa shape index (κ1) is 5.69. The van der Waals surface area contributed by atoms with Crippen molar-refractivity contribution >= 4 is 0 Å². The van der Waals surface area contributed by atoms with E-state index in [2.05, 4.69) is 0 Å². The van der Waals surface area contributed by atoms with Gasteiger partial charge in [-0.25, -0.2) is 8.78 Å². The van der Waals surface area contributed by atoms with Crippen LogP contribution in [0.5, 0.6) is 0 Å². The zero-order valence-electron chi connectivity index (χ0n) is 4.14. The van der Waals surface area contributed by atoms with Crippen LogP contribution >= 0.6 is 0 Å². The molecule has 3 heteroatoms. The van der Waals surface area contributed by atoms with Crippen LogP contribution in [0.2, 0.25) is 0 Å². The second-order valence-corrected chi connectivity index (χ2v) is 1.89. The first-order valence-electron chi connectivity index (χ1n) is 2.35. The predicted octanol–water partition coefficient (Wildman–Crippen LogP) is 0.942. The van der Waals surface area contributed by atoms with Gasteiger partial charge in [0.15, 0.2) is 0 Å². The number of allylic oxidation sites excluding steroid dienone is 1. The van der Waals surface area contributed by atoms with E-state index in [1.807, 2.05) is 0 Å². The lowest BCUT2D eigenvalue weighted by Gasteiger charge is -2.04. The Morgan fingerprint density at radius 2 is 2.25 bits per heavy atom. The van der Waals surface area contributed by atoms with Crippen LogP contribution in [0.3, 0.4) is 0 Å². The average molecular weight is 120 g/mol. The van der Waals surface area contributed by atoms with Crippen LogP contribution in [0, 0.1) is 0 Å². The molecule has 0 heterocycles. The molecule has 1 nitrogen and oxygen atoms in total. The molecule has 0 radical (unpaired) electrons. The maximum absolute atomic E-state index is 11.9. The molecule has 0 fully saturated rings. The van der Waals surface area contributed by atoms with E-state index in [1.165, 1.54) is 0 Å². The number of hydrogen-bond acceptors (Lipinski definition) is 1. The Morgan fingerprint density at radius 1 is 1.62 bits per heavy atom. The minimum atomic E-state index is -2.76. The molecule has 0 saturated carbocycles. The lowest BCUT2D eigenvalue weighted by molar-refractivity contribution is 0.0268. The van der Waals surface area contributed by atoms with Gasteiger partial charge in [-0.1, -0.05) is 6.08 Å². The topological polar surface area (TPSA) is 20.2 Å². The molecule has 46 valence electrons. The van der Waals surface area contributed by atoms with Crippen molar-refractivity contribution in [2.45, 2.75) is 18.4 Å². The summed E-state index contributed by atoms with van der Waals surface area (Å²) in [4.78, 5) is 0. The fraction of sp³-hybridized carbons (Fsp3) is 0.600. The Balaban J connectivity index is 2.58. The summed E-state index contributed by atoms with van der Waals surface area (Å²) < 4.78 is 23.9. The van der Waals surface area contributed by atoms with Crippen molar-refractivity contribution in [3.8, 4) is 0 Å². The van der Waals surface area contributed by atoms with Gasteiger partial charge in [-0.2, -0.15) is 0 Å². The fourth-order valence-corrected chi connectivity index (χ4v) is 0.667. The maximum atomic E-state index is 11.9. The third-order valence-electron chi connectivity index (χ3n) is 1.04. The van der Waals surface area contributed by atoms with Crippen molar-refractivity contribution in [3.63, 3.8) is 0 Å². The van der Waals surface area contributed by atoms with E-state index < -0.39 is 18.4 Å². The number of alkyl halides is 2. The van der Waals surface area contributed by atoms with Gasteiger partial charge in [0.25, 0.3) is 5.92 Å². The van der Waals surface area contributed by atoms with Gasteiger partial charge in [0, 0.05) is 6.42 Å². The Labute approximate surface area is 45.6 Å². The largest absolute Gasteiger partial charge is 0.389 e. The Bertz CT molecular complexity index is 120. The average Bonchev–Trinajstić information content (AvgIpc) is 1.82. The molecular formula is C5H6F2O. The number of halogens is 2. The van der Waals surface area contributed by atoms with Gasteiger partial charge in [0.05, 0.1) is 6.10 Å². The summed E-state index contributed by atoms with van der Waals surface area (Å²) in [5, 5.41) is 8.50. The predicted molar refractivity (Wildman–Crippen MR) is 24.7 cm³/mol. The monoisotopic (exact) mass is 120 g/mol. The highest BCUT2D eigenvalue weighted by Crippen LogP contribution is 2.27. The van der Waals surface area contributed by atoms with Gasteiger partial charge in [-0.05, 0) is 6.08 Å². The molecule has 0 aromatic rings. The number of rotatable bonds is 0. The summed E-state index contributed by atoms with van der Waals surface area (Å²) in [6.07, 6.45) is 0.454. The SMILES string of the molecule is OC1C=CC(F)(F)C1. The van der Waals surface area contributed by atoms with Crippen molar-refractivity contribution < 1.29 is 13.9 Å². The minimum absolute atomic E-state index is 0.451. The molecule has 1 aliphatic rings. The van der Waals surface area contributed by atoms with Gasteiger partial charge >= 0.3 is 0 Å². The highest BCUT2D eigenvalue weighted by atomic mass is 19.3. The van der Waals surface area contributed by atoms with Crippen molar-refractivity contribution in [1.29, 1.82) is 0 Å². The van der Waals surface area contributed by atoms with Crippen LogP contribution < -0.4 is 0 Å². The molecular weight excluding hydrogens is 114 g/mol. The molecule has 0 aliphatic heterocycles. The number of hydrogen-bond donors (Lipinski definition) is 1. The van der Waals surface area contributed by atoms with Gasteiger partial charge in [-0.15, -0.1) is 0 Å². The summed E-state index contributed by atoms with van der Waals surface area (Å²) in [6, 6.07) is 0.